The number of aromatic nitrogens is 2. The van der Waals surface area contributed by atoms with Crippen LogP contribution in [0.15, 0.2) is 29.4 Å². The summed E-state index contributed by atoms with van der Waals surface area (Å²) in [6, 6.07) is 5.55. The molecule has 0 aliphatic heterocycles. The van der Waals surface area contributed by atoms with Gasteiger partial charge in [0.1, 0.15) is 19.3 Å². The van der Waals surface area contributed by atoms with Crippen molar-refractivity contribution in [3.8, 4) is 11.5 Å². The molecule has 0 aliphatic carbocycles. The number of anilines is 2. The van der Waals surface area contributed by atoms with Crippen molar-refractivity contribution in [3.63, 3.8) is 0 Å². The van der Waals surface area contributed by atoms with Crippen LogP contribution in [0.1, 0.15) is 0 Å². The van der Waals surface area contributed by atoms with Crippen LogP contribution in [0.4, 0.5) is 11.6 Å². The highest BCUT2D eigenvalue weighted by Crippen LogP contribution is 2.27. The van der Waals surface area contributed by atoms with Gasteiger partial charge in [0.25, 0.3) is 0 Å². The number of nitrogens with one attached hydrogen (secondary N) is 1. The van der Waals surface area contributed by atoms with E-state index in [2.05, 4.69) is 15.3 Å². The summed E-state index contributed by atoms with van der Waals surface area (Å²) in [5, 5.41) is 4.12. The summed E-state index contributed by atoms with van der Waals surface area (Å²) in [6.07, 6.45) is 3.80. The second-order valence-electron chi connectivity index (χ2n) is 4.11. The van der Waals surface area contributed by atoms with Crippen LogP contribution >= 0.6 is 11.8 Å². The number of nitrogens with zero attached hydrogens (tertiary/aromatic N) is 2. The summed E-state index contributed by atoms with van der Waals surface area (Å²) in [6.45, 7) is 0. The highest BCUT2D eigenvalue weighted by atomic mass is 32.2. The summed E-state index contributed by atoms with van der Waals surface area (Å²) < 4.78 is 10.5. The first-order valence-corrected chi connectivity index (χ1v) is 7.26. The van der Waals surface area contributed by atoms with Gasteiger partial charge in [-0.15, -0.1) is 11.8 Å². The molecule has 0 spiro atoms. The lowest BCUT2D eigenvalue weighted by molar-refractivity contribution is 0.395. The third-order valence-corrected chi connectivity index (χ3v) is 3.53. The van der Waals surface area contributed by atoms with Crippen LogP contribution < -0.4 is 20.3 Å². The van der Waals surface area contributed by atoms with Crippen molar-refractivity contribution in [1.29, 1.82) is 0 Å². The summed E-state index contributed by atoms with van der Waals surface area (Å²) >= 11 is 1.59. The van der Waals surface area contributed by atoms with Gasteiger partial charge in [-0.25, -0.2) is 9.97 Å². The van der Waals surface area contributed by atoms with Gasteiger partial charge in [0.2, 0.25) is 5.95 Å². The second kappa shape index (κ2) is 6.52. The molecule has 0 unspecified atom stereocenters. The maximum absolute atomic E-state index is 5.23. The third kappa shape index (κ3) is 3.36. The minimum atomic E-state index is 0.551. The number of ether oxygens (including phenoxy) is 2. The number of hydrogen-bond donors (Lipinski definition) is 1. The van der Waals surface area contributed by atoms with Gasteiger partial charge in [0.05, 0.1) is 19.2 Å². The van der Waals surface area contributed by atoms with Gasteiger partial charge >= 0.3 is 0 Å². The van der Waals surface area contributed by atoms with Crippen LogP contribution in [-0.2, 0) is 0 Å². The maximum atomic E-state index is 5.23. The van der Waals surface area contributed by atoms with E-state index in [1.54, 1.807) is 32.2 Å². The fraction of sp³-hybridized carbons (Fsp3) is 0.231. The Balaban J connectivity index is 2.29. The zero-order chi connectivity index (χ0) is 14.5. The number of thioether (sulfide) groups is 1. The molecule has 0 saturated carbocycles. The van der Waals surface area contributed by atoms with Gasteiger partial charge in [-0.05, 0) is 11.7 Å². The van der Waals surface area contributed by atoms with E-state index in [-0.39, 0.29) is 0 Å². The van der Waals surface area contributed by atoms with E-state index >= 15 is 0 Å². The lowest BCUT2D eigenvalue weighted by Crippen LogP contribution is -2.11. The first kappa shape index (κ1) is 14.5. The van der Waals surface area contributed by atoms with E-state index in [0.717, 1.165) is 16.2 Å². The van der Waals surface area contributed by atoms with E-state index in [4.69, 9.17) is 9.47 Å². The van der Waals surface area contributed by atoms with E-state index in [1.807, 2.05) is 32.3 Å². The molecule has 0 bridgehead atoms. The van der Waals surface area contributed by atoms with Crippen LogP contribution in [0.25, 0.3) is 0 Å². The minimum absolute atomic E-state index is 0.551. The number of hydrogen-bond acceptors (Lipinski definition) is 6. The summed E-state index contributed by atoms with van der Waals surface area (Å²) in [5.74, 6) is 1.98. The minimum Gasteiger partial charge on any atom is -0.497 e. The fourth-order valence-electron chi connectivity index (χ4n) is 1.70. The maximum Gasteiger partial charge on any atom is 0.228 e. The molecule has 0 amide bonds. The van der Waals surface area contributed by atoms with Crippen LogP contribution in [0.2, 0.25) is 0 Å². The highest BCUT2D eigenvalue weighted by Gasteiger charge is 2.06. The summed E-state index contributed by atoms with van der Waals surface area (Å²) in [4.78, 5) is 8.73. The van der Waals surface area contributed by atoms with Crippen molar-refractivity contribution in [2.75, 3.05) is 25.8 Å². The topological polar surface area (TPSA) is 56.3 Å². The van der Waals surface area contributed by atoms with E-state index < -0.39 is 0 Å². The van der Waals surface area contributed by atoms with Crippen molar-refractivity contribution in [3.05, 3.63) is 24.4 Å². The van der Waals surface area contributed by atoms with E-state index in [0.29, 0.717) is 17.4 Å². The number of rotatable bonds is 5. The molecule has 0 aliphatic rings. The zero-order valence-electron chi connectivity index (χ0n) is 11.9. The van der Waals surface area contributed by atoms with Crippen molar-refractivity contribution in [1.82, 2.24) is 9.97 Å². The second-order valence-corrected chi connectivity index (χ2v) is 4.91. The Hall–Kier alpha value is -1.89. The zero-order valence-corrected chi connectivity index (χ0v) is 12.7. The van der Waals surface area contributed by atoms with Gasteiger partial charge in [0, 0.05) is 30.1 Å². The molecule has 5 nitrogen and oxygen atoms in total. The Morgan fingerprint density at radius 1 is 1.15 bits per heavy atom. The van der Waals surface area contributed by atoms with Crippen molar-refractivity contribution >= 4 is 36.7 Å². The van der Waals surface area contributed by atoms with Gasteiger partial charge in [0.15, 0.2) is 0 Å². The molecule has 1 N–H and O–H groups in total. The fourth-order valence-corrected chi connectivity index (χ4v) is 2.25. The number of benzene rings is 1. The van der Waals surface area contributed by atoms with Crippen molar-refractivity contribution < 1.29 is 9.47 Å². The lowest BCUT2D eigenvalue weighted by Gasteiger charge is -2.10. The van der Waals surface area contributed by atoms with Gasteiger partial charge in [-0.3, -0.25) is 0 Å². The van der Waals surface area contributed by atoms with Crippen LogP contribution in [0.3, 0.4) is 0 Å². The molecule has 2 aromatic rings. The summed E-state index contributed by atoms with van der Waals surface area (Å²) in [5.41, 5.74) is 1.88. The average Bonchev–Trinajstić information content (AvgIpc) is 2.48. The van der Waals surface area contributed by atoms with Gasteiger partial charge in [-0.1, -0.05) is 0 Å². The van der Waals surface area contributed by atoms with Crippen LogP contribution in [-0.4, -0.2) is 38.3 Å². The van der Waals surface area contributed by atoms with Crippen LogP contribution in [0.5, 0.6) is 11.5 Å². The standard InChI is InChI=1S/C13H16BN3O2S/c1-18-9-4-8(5-10(6-9)19-2)16-13-15-7-11(14)12(17-13)20-3/h4-7H,14H2,1-3H3,(H,15,16,17). The first-order valence-electron chi connectivity index (χ1n) is 6.04. The molecule has 7 heteroatoms. The molecule has 0 saturated heterocycles. The van der Waals surface area contributed by atoms with E-state index in [1.165, 1.54) is 0 Å². The Morgan fingerprint density at radius 3 is 2.35 bits per heavy atom. The molecule has 2 rings (SSSR count). The molecule has 1 aromatic carbocycles. The van der Waals surface area contributed by atoms with Crippen LogP contribution in [0, 0.1) is 0 Å². The first-order chi connectivity index (χ1) is 9.66. The molecule has 1 aromatic heterocycles. The van der Waals surface area contributed by atoms with Crippen molar-refractivity contribution in [2.45, 2.75) is 5.03 Å². The molecular formula is C13H16BN3O2S. The lowest BCUT2D eigenvalue weighted by atomic mass is 10.0. The number of methoxy groups -OCH3 is 2. The Morgan fingerprint density at radius 2 is 1.80 bits per heavy atom. The Bertz CT molecular complexity index is 588. The SMILES string of the molecule is Bc1cnc(Nc2cc(OC)cc(OC)c2)nc1SC. The van der Waals surface area contributed by atoms with E-state index in [9.17, 15) is 0 Å². The average molecular weight is 289 g/mol. The molecule has 0 radical (unpaired) electrons. The Labute approximate surface area is 123 Å². The largest absolute Gasteiger partial charge is 0.497 e. The summed E-state index contributed by atoms with van der Waals surface area (Å²) in [7, 11) is 5.23. The highest BCUT2D eigenvalue weighted by molar-refractivity contribution is 7.98. The predicted molar refractivity (Wildman–Crippen MR) is 84.8 cm³/mol. The molecule has 104 valence electrons. The Kier molecular flexibility index (Phi) is 4.73. The monoisotopic (exact) mass is 289 g/mol. The molecule has 20 heavy (non-hydrogen) atoms. The molecule has 0 fully saturated rings. The molecular weight excluding hydrogens is 273 g/mol. The van der Waals surface area contributed by atoms with Gasteiger partial charge < -0.3 is 14.8 Å². The van der Waals surface area contributed by atoms with Gasteiger partial charge in [-0.2, -0.15) is 0 Å². The predicted octanol–water partition coefficient (Wildman–Crippen LogP) is 1.22. The molecule has 0 atom stereocenters. The smallest absolute Gasteiger partial charge is 0.228 e. The van der Waals surface area contributed by atoms with Crippen molar-refractivity contribution in [2.24, 2.45) is 0 Å². The quantitative estimate of drug-likeness (QED) is 0.507. The normalized spacial score (nSPS) is 10.2. The molecule has 1 heterocycles. The third-order valence-electron chi connectivity index (χ3n) is 2.73.